The van der Waals surface area contributed by atoms with E-state index in [9.17, 15) is 4.39 Å². The second-order valence-corrected chi connectivity index (χ2v) is 8.22. The average molecular weight is 428 g/mol. The molecule has 3 aromatic rings. The molecule has 0 amide bonds. The zero-order valence-electron chi connectivity index (χ0n) is 17.2. The van der Waals surface area contributed by atoms with Gasteiger partial charge in [0.2, 0.25) is 0 Å². The van der Waals surface area contributed by atoms with Crippen LogP contribution in [0.2, 0.25) is 0 Å². The van der Waals surface area contributed by atoms with Crippen LogP contribution in [-0.4, -0.2) is 50.0 Å². The number of fused-ring (bicyclic) bond motifs is 1. The Morgan fingerprint density at radius 2 is 2.20 bits per heavy atom. The summed E-state index contributed by atoms with van der Waals surface area (Å²) in [5.41, 5.74) is 4.47. The van der Waals surface area contributed by atoms with Gasteiger partial charge >= 0.3 is 0 Å². The molecule has 3 aromatic heterocycles. The van der Waals surface area contributed by atoms with E-state index in [0.29, 0.717) is 18.7 Å². The molecule has 0 atom stereocenters. The van der Waals surface area contributed by atoms with Gasteiger partial charge in [-0.15, -0.1) is 0 Å². The molecular formula is C21H26FN7S. The number of piperidine rings is 1. The quantitative estimate of drug-likeness (QED) is 0.557. The fourth-order valence-corrected chi connectivity index (χ4v) is 4.31. The summed E-state index contributed by atoms with van der Waals surface area (Å²) in [7, 11) is 1.85. The summed E-state index contributed by atoms with van der Waals surface area (Å²) < 4.78 is 19.9. The highest BCUT2D eigenvalue weighted by Gasteiger charge is 2.19. The Bertz CT molecular complexity index is 1060. The number of likely N-dealkylation sites (tertiary alicyclic amines) is 1. The monoisotopic (exact) mass is 427 g/mol. The van der Waals surface area contributed by atoms with Gasteiger partial charge in [-0.1, -0.05) is 12.7 Å². The highest BCUT2D eigenvalue weighted by Crippen LogP contribution is 2.27. The molecule has 4 heterocycles. The van der Waals surface area contributed by atoms with Gasteiger partial charge in [0.15, 0.2) is 11.5 Å². The highest BCUT2D eigenvalue weighted by atomic mass is 32.1. The number of anilines is 2. The van der Waals surface area contributed by atoms with Crippen molar-refractivity contribution < 1.29 is 4.39 Å². The molecule has 0 aromatic carbocycles. The smallest absolute Gasteiger partial charge is 0.180 e. The molecule has 2 N–H and O–H groups in total. The van der Waals surface area contributed by atoms with Crippen molar-refractivity contribution >= 4 is 33.6 Å². The van der Waals surface area contributed by atoms with E-state index in [1.54, 1.807) is 6.08 Å². The minimum atomic E-state index is -0.660. The standard InChI is InChI=1S/C21H26FN7S/c1-4-15(10-23-3)18-11-24-21-20(25-14(2)12-29(18)21)26-19-9-17(27-30-19)13-28-7-5-16(22)6-8-28/h4,9-12,16,23H,1,5-8,13H2,2-3H3,(H,25,26)/b15-10+. The summed E-state index contributed by atoms with van der Waals surface area (Å²) in [5.74, 6) is 0.683. The number of alkyl halides is 1. The average Bonchev–Trinajstić information content (AvgIpc) is 3.35. The van der Waals surface area contributed by atoms with Crippen LogP contribution in [0.4, 0.5) is 15.2 Å². The van der Waals surface area contributed by atoms with Crippen LogP contribution in [0.5, 0.6) is 0 Å². The Hall–Kier alpha value is -2.78. The molecule has 1 fully saturated rings. The molecule has 0 spiro atoms. The summed E-state index contributed by atoms with van der Waals surface area (Å²) in [6.45, 7) is 8.16. The van der Waals surface area contributed by atoms with Crippen molar-refractivity contribution in [1.29, 1.82) is 0 Å². The first kappa shape index (κ1) is 20.5. The molecule has 0 aliphatic carbocycles. The third kappa shape index (κ3) is 4.36. The van der Waals surface area contributed by atoms with E-state index < -0.39 is 6.17 Å². The van der Waals surface area contributed by atoms with E-state index in [0.717, 1.165) is 52.9 Å². The Balaban J connectivity index is 1.56. The Labute approximate surface area is 179 Å². The number of nitrogens with one attached hydrogen (secondary N) is 2. The summed E-state index contributed by atoms with van der Waals surface area (Å²) in [4.78, 5) is 11.5. The first-order valence-electron chi connectivity index (χ1n) is 10.0. The molecule has 0 unspecified atom stereocenters. The van der Waals surface area contributed by atoms with E-state index in [-0.39, 0.29) is 0 Å². The molecular weight excluding hydrogens is 401 g/mol. The van der Waals surface area contributed by atoms with Gasteiger partial charge in [-0.3, -0.25) is 9.30 Å². The Morgan fingerprint density at radius 1 is 1.40 bits per heavy atom. The van der Waals surface area contributed by atoms with Crippen molar-refractivity contribution in [2.24, 2.45) is 0 Å². The fraction of sp³-hybridized carbons (Fsp3) is 0.381. The predicted octanol–water partition coefficient (Wildman–Crippen LogP) is 3.92. The van der Waals surface area contributed by atoms with E-state index in [1.807, 2.05) is 43.0 Å². The summed E-state index contributed by atoms with van der Waals surface area (Å²) >= 11 is 1.40. The van der Waals surface area contributed by atoms with Crippen molar-refractivity contribution in [2.75, 3.05) is 25.5 Å². The van der Waals surface area contributed by atoms with Crippen LogP contribution in [0, 0.1) is 6.92 Å². The highest BCUT2D eigenvalue weighted by molar-refractivity contribution is 7.10. The molecule has 0 saturated carbocycles. The first-order chi connectivity index (χ1) is 14.6. The van der Waals surface area contributed by atoms with Crippen LogP contribution in [0.25, 0.3) is 11.2 Å². The number of rotatable bonds is 7. The van der Waals surface area contributed by atoms with Crippen molar-refractivity contribution in [3.63, 3.8) is 0 Å². The number of halogens is 1. The SMILES string of the molecule is C=C/C(=C\NC)c1cnc2c(Nc3cc(CN4CCC(F)CC4)ns3)nc(C)cn12. The predicted molar refractivity (Wildman–Crippen MR) is 120 cm³/mol. The van der Waals surface area contributed by atoms with Gasteiger partial charge < -0.3 is 10.6 Å². The Kier molecular flexibility index (Phi) is 6.10. The zero-order valence-corrected chi connectivity index (χ0v) is 18.0. The van der Waals surface area contributed by atoms with Gasteiger partial charge in [0, 0.05) is 44.7 Å². The third-order valence-electron chi connectivity index (χ3n) is 5.13. The molecule has 4 rings (SSSR count). The second-order valence-electron chi connectivity index (χ2n) is 7.42. The molecule has 0 bridgehead atoms. The maximum atomic E-state index is 13.3. The van der Waals surface area contributed by atoms with Crippen LogP contribution >= 0.6 is 11.5 Å². The summed E-state index contributed by atoms with van der Waals surface area (Å²) in [6, 6.07) is 2.03. The Morgan fingerprint density at radius 3 is 2.93 bits per heavy atom. The number of allylic oxidation sites excluding steroid dienone is 2. The molecule has 1 aliphatic heterocycles. The first-order valence-corrected chi connectivity index (χ1v) is 10.8. The molecule has 9 heteroatoms. The topological polar surface area (TPSA) is 70.4 Å². The van der Waals surface area contributed by atoms with Crippen molar-refractivity contribution in [3.05, 3.63) is 54.4 Å². The second kappa shape index (κ2) is 8.93. The van der Waals surface area contributed by atoms with Gasteiger partial charge in [0.1, 0.15) is 11.2 Å². The normalized spacial score (nSPS) is 16.2. The zero-order chi connectivity index (χ0) is 21.1. The van der Waals surface area contributed by atoms with Crippen molar-refractivity contribution in [1.82, 2.24) is 29.0 Å². The van der Waals surface area contributed by atoms with Crippen LogP contribution in [0.15, 0.2) is 37.3 Å². The van der Waals surface area contributed by atoms with E-state index in [1.165, 1.54) is 11.5 Å². The molecule has 7 nitrogen and oxygen atoms in total. The van der Waals surface area contributed by atoms with Gasteiger partial charge in [0.05, 0.1) is 23.3 Å². The molecule has 30 heavy (non-hydrogen) atoms. The largest absolute Gasteiger partial charge is 0.393 e. The number of aryl methyl sites for hydroxylation is 1. The lowest BCUT2D eigenvalue weighted by atomic mass is 10.1. The number of imidazole rings is 1. The van der Waals surface area contributed by atoms with E-state index in [4.69, 9.17) is 0 Å². The van der Waals surface area contributed by atoms with Crippen molar-refractivity contribution in [3.8, 4) is 0 Å². The van der Waals surface area contributed by atoms with Crippen LogP contribution in [0.3, 0.4) is 0 Å². The molecule has 1 aliphatic rings. The van der Waals surface area contributed by atoms with Crippen LogP contribution in [-0.2, 0) is 6.54 Å². The maximum absolute atomic E-state index is 13.3. The van der Waals surface area contributed by atoms with Gasteiger partial charge in [-0.05, 0) is 37.4 Å². The number of hydrogen-bond donors (Lipinski definition) is 2. The fourth-order valence-electron chi connectivity index (χ4n) is 3.65. The minimum Gasteiger partial charge on any atom is -0.393 e. The molecule has 1 saturated heterocycles. The van der Waals surface area contributed by atoms with Crippen LogP contribution < -0.4 is 10.6 Å². The van der Waals surface area contributed by atoms with Gasteiger partial charge in [0.25, 0.3) is 0 Å². The number of hydrogen-bond acceptors (Lipinski definition) is 7. The number of aromatic nitrogens is 4. The lowest BCUT2D eigenvalue weighted by Crippen LogP contribution is -2.33. The number of nitrogens with zero attached hydrogens (tertiary/aromatic N) is 5. The van der Waals surface area contributed by atoms with Crippen LogP contribution in [0.1, 0.15) is 29.9 Å². The lowest BCUT2D eigenvalue weighted by molar-refractivity contribution is 0.144. The van der Waals surface area contributed by atoms with Crippen molar-refractivity contribution in [2.45, 2.75) is 32.5 Å². The summed E-state index contributed by atoms with van der Waals surface area (Å²) in [6.07, 6.45) is 8.02. The summed E-state index contributed by atoms with van der Waals surface area (Å²) in [5, 5.41) is 7.33. The lowest BCUT2D eigenvalue weighted by Gasteiger charge is -2.27. The van der Waals surface area contributed by atoms with Gasteiger partial charge in [-0.2, -0.15) is 4.37 Å². The molecule has 158 valence electrons. The molecule has 0 radical (unpaired) electrons. The van der Waals surface area contributed by atoms with Gasteiger partial charge in [-0.25, -0.2) is 14.4 Å². The minimum absolute atomic E-state index is 0.608. The third-order valence-corrected chi connectivity index (χ3v) is 5.87. The van der Waals surface area contributed by atoms with E-state index >= 15 is 0 Å². The maximum Gasteiger partial charge on any atom is 0.180 e. The van der Waals surface area contributed by atoms with E-state index in [2.05, 4.69) is 36.5 Å².